The van der Waals surface area contributed by atoms with Gasteiger partial charge in [-0.3, -0.25) is 0 Å². The summed E-state index contributed by atoms with van der Waals surface area (Å²) in [6.07, 6.45) is 3.50. The van der Waals surface area contributed by atoms with E-state index in [1.807, 2.05) is 0 Å². The molecule has 0 N–H and O–H groups in total. The van der Waals surface area contributed by atoms with Crippen LogP contribution in [0.15, 0.2) is 22.7 Å². The van der Waals surface area contributed by atoms with Gasteiger partial charge in [-0.05, 0) is 40.0 Å². The molecule has 15 heavy (non-hydrogen) atoms. The van der Waals surface area contributed by atoms with Crippen LogP contribution in [0.2, 0.25) is 0 Å². The van der Waals surface area contributed by atoms with Crippen molar-refractivity contribution in [1.29, 1.82) is 0 Å². The zero-order valence-corrected chi connectivity index (χ0v) is 10.5. The summed E-state index contributed by atoms with van der Waals surface area (Å²) in [4.78, 5) is 0. The van der Waals surface area contributed by atoms with Gasteiger partial charge in [0.25, 0.3) is 0 Å². The Kier molecular flexibility index (Phi) is 5.88. The lowest BCUT2D eigenvalue weighted by atomic mass is 10.2. The van der Waals surface area contributed by atoms with Crippen LogP contribution in [0, 0.1) is 5.82 Å². The zero-order valence-electron chi connectivity index (χ0n) is 8.93. The second kappa shape index (κ2) is 6.96. The number of ether oxygens (including phenoxy) is 1. The van der Waals surface area contributed by atoms with E-state index in [9.17, 15) is 4.39 Å². The molecule has 1 rings (SSSR count). The van der Waals surface area contributed by atoms with Crippen LogP contribution in [-0.2, 0) is 11.3 Å². The fourth-order valence-electron chi connectivity index (χ4n) is 1.27. The first kappa shape index (κ1) is 12.7. The van der Waals surface area contributed by atoms with Crippen molar-refractivity contribution in [2.75, 3.05) is 6.61 Å². The first-order chi connectivity index (χ1) is 7.24. The summed E-state index contributed by atoms with van der Waals surface area (Å²) < 4.78 is 18.9. The van der Waals surface area contributed by atoms with E-state index < -0.39 is 0 Å². The van der Waals surface area contributed by atoms with Gasteiger partial charge in [-0.1, -0.05) is 25.8 Å². The van der Waals surface area contributed by atoms with Crippen molar-refractivity contribution in [1.82, 2.24) is 0 Å². The third-order valence-corrected chi connectivity index (χ3v) is 2.75. The van der Waals surface area contributed by atoms with E-state index in [1.54, 1.807) is 12.1 Å². The van der Waals surface area contributed by atoms with E-state index in [0.29, 0.717) is 11.1 Å². The molecule has 0 saturated carbocycles. The third kappa shape index (κ3) is 4.76. The van der Waals surface area contributed by atoms with Gasteiger partial charge in [0.1, 0.15) is 5.82 Å². The lowest BCUT2D eigenvalue weighted by Gasteiger charge is -2.04. The molecule has 0 aliphatic heterocycles. The molecule has 0 saturated heterocycles. The van der Waals surface area contributed by atoms with Crippen molar-refractivity contribution in [3.05, 3.63) is 34.1 Å². The van der Waals surface area contributed by atoms with E-state index in [1.165, 1.54) is 18.9 Å². The summed E-state index contributed by atoms with van der Waals surface area (Å²) in [5.41, 5.74) is 1.000. The molecule has 84 valence electrons. The van der Waals surface area contributed by atoms with Gasteiger partial charge in [0.2, 0.25) is 0 Å². The van der Waals surface area contributed by atoms with Crippen molar-refractivity contribution in [3.63, 3.8) is 0 Å². The number of benzene rings is 1. The molecule has 0 radical (unpaired) electrons. The first-order valence-electron chi connectivity index (χ1n) is 5.25. The van der Waals surface area contributed by atoms with E-state index in [2.05, 4.69) is 22.9 Å². The highest BCUT2D eigenvalue weighted by molar-refractivity contribution is 9.10. The molecule has 0 heterocycles. The van der Waals surface area contributed by atoms with Gasteiger partial charge in [-0.15, -0.1) is 0 Å². The predicted molar refractivity (Wildman–Crippen MR) is 63.3 cm³/mol. The Bertz CT molecular complexity index is 302. The SMILES string of the molecule is CCCCCOCc1ccc(F)c(Br)c1. The summed E-state index contributed by atoms with van der Waals surface area (Å²) >= 11 is 3.15. The van der Waals surface area contributed by atoms with Crippen LogP contribution in [0.3, 0.4) is 0 Å². The van der Waals surface area contributed by atoms with Crippen molar-refractivity contribution in [3.8, 4) is 0 Å². The minimum absolute atomic E-state index is 0.232. The van der Waals surface area contributed by atoms with E-state index in [-0.39, 0.29) is 5.82 Å². The van der Waals surface area contributed by atoms with Gasteiger partial charge in [-0.25, -0.2) is 4.39 Å². The molecule has 0 bridgehead atoms. The molecule has 1 aromatic carbocycles. The second-order valence-corrected chi connectivity index (χ2v) is 4.36. The highest BCUT2D eigenvalue weighted by atomic mass is 79.9. The molecule has 0 aliphatic carbocycles. The molecule has 0 aliphatic rings. The molecule has 3 heteroatoms. The monoisotopic (exact) mass is 274 g/mol. The third-order valence-electron chi connectivity index (χ3n) is 2.14. The smallest absolute Gasteiger partial charge is 0.137 e. The summed E-state index contributed by atoms with van der Waals surface area (Å²) in [6, 6.07) is 4.96. The normalized spacial score (nSPS) is 10.6. The largest absolute Gasteiger partial charge is 0.377 e. The number of hydrogen-bond donors (Lipinski definition) is 0. The lowest BCUT2D eigenvalue weighted by Crippen LogP contribution is -1.95. The average Bonchev–Trinajstić information content (AvgIpc) is 2.23. The summed E-state index contributed by atoms with van der Waals surface area (Å²) in [6.45, 7) is 3.50. The lowest BCUT2D eigenvalue weighted by molar-refractivity contribution is 0.117. The second-order valence-electron chi connectivity index (χ2n) is 3.51. The van der Waals surface area contributed by atoms with Gasteiger partial charge < -0.3 is 4.74 Å². The molecule has 0 spiro atoms. The van der Waals surface area contributed by atoms with Crippen LogP contribution in [0.1, 0.15) is 31.7 Å². The molecule has 1 aromatic rings. The van der Waals surface area contributed by atoms with Crippen molar-refractivity contribution in [2.24, 2.45) is 0 Å². The molecule has 0 aromatic heterocycles. The molecular weight excluding hydrogens is 259 g/mol. The zero-order chi connectivity index (χ0) is 11.1. The van der Waals surface area contributed by atoms with Crippen molar-refractivity contribution < 1.29 is 9.13 Å². The van der Waals surface area contributed by atoms with E-state index in [4.69, 9.17) is 4.74 Å². The van der Waals surface area contributed by atoms with E-state index in [0.717, 1.165) is 18.6 Å². The van der Waals surface area contributed by atoms with Crippen LogP contribution in [0.25, 0.3) is 0 Å². The molecule has 0 atom stereocenters. The fraction of sp³-hybridized carbons (Fsp3) is 0.500. The Balaban J connectivity index is 2.28. The Labute approximate surface area is 98.8 Å². The Hall–Kier alpha value is -0.410. The first-order valence-corrected chi connectivity index (χ1v) is 6.05. The van der Waals surface area contributed by atoms with E-state index >= 15 is 0 Å². The predicted octanol–water partition coefficient (Wildman–Crippen LogP) is 4.30. The van der Waals surface area contributed by atoms with Crippen LogP contribution in [-0.4, -0.2) is 6.61 Å². The Morgan fingerprint density at radius 3 is 2.80 bits per heavy atom. The number of unbranched alkanes of at least 4 members (excludes halogenated alkanes) is 2. The number of hydrogen-bond acceptors (Lipinski definition) is 1. The summed E-state index contributed by atoms with van der Waals surface area (Å²) in [5, 5.41) is 0. The maximum Gasteiger partial charge on any atom is 0.137 e. The minimum Gasteiger partial charge on any atom is -0.377 e. The van der Waals surface area contributed by atoms with Gasteiger partial charge in [0.15, 0.2) is 0 Å². The highest BCUT2D eigenvalue weighted by Crippen LogP contribution is 2.17. The molecular formula is C12H16BrFO. The maximum atomic E-state index is 12.9. The Morgan fingerprint density at radius 1 is 1.33 bits per heavy atom. The maximum absolute atomic E-state index is 12.9. The quantitative estimate of drug-likeness (QED) is 0.703. The standard InChI is InChI=1S/C12H16BrFO/c1-2-3-4-7-15-9-10-5-6-12(14)11(13)8-10/h5-6,8H,2-4,7,9H2,1H3. The highest BCUT2D eigenvalue weighted by Gasteiger charge is 2.00. The molecule has 0 fully saturated rings. The molecule has 0 unspecified atom stereocenters. The summed E-state index contributed by atoms with van der Waals surface area (Å²) in [7, 11) is 0. The number of halogens is 2. The van der Waals surface area contributed by atoms with Gasteiger partial charge in [0.05, 0.1) is 11.1 Å². The molecule has 1 nitrogen and oxygen atoms in total. The number of rotatable bonds is 6. The topological polar surface area (TPSA) is 9.23 Å². The fourth-order valence-corrected chi connectivity index (χ4v) is 1.70. The van der Waals surface area contributed by atoms with Crippen LogP contribution < -0.4 is 0 Å². The van der Waals surface area contributed by atoms with Gasteiger partial charge in [-0.2, -0.15) is 0 Å². The van der Waals surface area contributed by atoms with Gasteiger partial charge >= 0.3 is 0 Å². The average molecular weight is 275 g/mol. The van der Waals surface area contributed by atoms with Crippen LogP contribution >= 0.6 is 15.9 Å². The minimum atomic E-state index is -0.232. The van der Waals surface area contributed by atoms with Crippen molar-refractivity contribution in [2.45, 2.75) is 32.8 Å². The molecule has 0 amide bonds. The van der Waals surface area contributed by atoms with Crippen molar-refractivity contribution >= 4 is 15.9 Å². The van der Waals surface area contributed by atoms with Gasteiger partial charge in [0, 0.05) is 6.61 Å². The van der Waals surface area contributed by atoms with Crippen LogP contribution in [0.4, 0.5) is 4.39 Å². The Morgan fingerprint density at radius 2 is 2.13 bits per heavy atom. The summed E-state index contributed by atoms with van der Waals surface area (Å²) in [5.74, 6) is -0.232. The van der Waals surface area contributed by atoms with Crippen LogP contribution in [0.5, 0.6) is 0 Å².